The Hall–Kier alpha value is -2.80. The van der Waals surface area contributed by atoms with Crippen LogP contribution in [0.1, 0.15) is 24.2 Å². The molecule has 3 rings (SSSR count). The second-order valence-electron chi connectivity index (χ2n) is 5.83. The van der Waals surface area contributed by atoms with Gasteiger partial charge in [-0.25, -0.2) is 9.67 Å². The molecule has 3 aromatic rings. The Balaban J connectivity index is 1.87. The number of rotatable bonds is 4. The maximum Gasteiger partial charge on any atom is 0.267 e. The number of nitrogens with one attached hydrogen (secondary N) is 1. The lowest BCUT2D eigenvalue weighted by molar-refractivity contribution is -0.119. The van der Waals surface area contributed by atoms with Crippen molar-refractivity contribution in [2.75, 3.05) is 5.32 Å². The van der Waals surface area contributed by atoms with Crippen molar-refractivity contribution in [1.82, 2.24) is 14.8 Å². The fraction of sp³-hybridized carbons (Fsp3) is 0.222. The summed E-state index contributed by atoms with van der Waals surface area (Å²) in [6.45, 7) is 5.50. The van der Waals surface area contributed by atoms with E-state index in [1.54, 1.807) is 13.0 Å². The van der Waals surface area contributed by atoms with Gasteiger partial charge in [0, 0.05) is 17.0 Å². The van der Waals surface area contributed by atoms with Gasteiger partial charge in [-0.2, -0.15) is 5.10 Å². The molecule has 1 N–H and O–H groups in total. The van der Waals surface area contributed by atoms with Crippen molar-refractivity contribution in [3.05, 3.63) is 63.4 Å². The molecule has 2 heterocycles. The van der Waals surface area contributed by atoms with E-state index in [2.05, 4.69) is 15.4 Å². The standard InChI is InChI=1S/C18H18N4O2S/c1-11-4-6-14(7-5-11)15-8-9-16(23)22(21-15)13(3)17(24)20-18-19-12(2)10-25-18/h4-10,13H,1-3H3,(H,19,20,24). The van der Waals surface area contributed by atoms with E-state index in [0.717, 1.165) is 16.8 Å². The van der Waals surface area contributed by atoms with Gasteiger partial charge in [-0.1, -0.05) is 29.8 Å². The first-order valence-electron chi connectivity index (χ1n) is 7.84. The lowest BCUT2D eigenvalue weighted by atomic mass is 10.1. The van der Waals surface area contributed by atoms with Gasteiger partial charge in [0.25, 0.3) is 11.5 Å². The fourth-order valence-corrected chi connectivity index (χ4v) is 3.00. The van der Waals surface area contributed by atoms with E-state index in [-0.39, 0.29) is 11.5 Å². The van der Waals surface area contributed by atoms with Crippen LogP contribution in [0.25, 0.3) is 11.3 Å². The molecule has 1 aromatic carbocycles. The van der Waals surface area contributed by atoms with Crippen LogP contribution in [0.2, 0.25) is 0 Å². The monoisotopic (exact) mass is 354 g/mol. The van der Waals surface area contributed by atoms with Gasteiger partial charge >= 0.3 is 0 Å². The highest BCUT2D eigenvalue weighted by atomic mass is 32.1. The number of aromatic nitrogens is 3. The number of hydrogen-bond donors (Lipinski definition) is 1. The molecule has 1 unspecified atom stereocenters. The normalized spacial score (nSPS) is 12.0. The molecule has 0 aliphatic carbocycles. The molecule has 1 atom stereocenters. The molecule has 0 bridgehead atoms. The summed E-state index contributed by atoms with van der Waals surface area (Å²) in [4.78, 5) is 28.8. The van der Waals surface area contributed by atoms with Crippen molar-refractivity contribution in [3.8, 4) is 11.3 Å². The van der Waals surface area contributed by atoms with Crippen LogP contribution in [0.5, 0.6) is 0 Å². The van der Waals surface area contributed by atoms with Crippen LogP contribution in [0, 0.1) is 13.8 Å². The SMILES string of the molecule is Cc1ccc(-c2ccc(=O)n(C(C)C(=O)Nc3nc(C)cs3)n2)cc1. The van der Waals surface area contributed by atoms with Crippen LogP contribution in [0.3, 0.4) is 0 Å². The molecular weight excluding hydrogens is 336 g/mol. The Morgan fingerprint density at radius 2 is 1.88 bits per heavy atom. The van der Waals surface area contributed by atoms with E-state index in [1.165, 1.54) is 22.1 Å². The van der Waals surface area contributed by atoms with Gasteiger partial charge in [0.1, 0.15) is 6.04 Å². The minimum atomic E-state index is -0.748. The number of nitrogens with zero attached hydrogens (tertiary/aromatic N) is 3. The van der Waals surface area contributed by atoms with Gasteiger partial charge in [-0.3, -0.25) is 9.59 Å². The molecule has 1 amide bonds. The van der Waals surface area contributed by atoms with Crippen LogP contribution in [-0.2, 0) is 4.79 Å². The minimum absolute atomic E-state index is 0.325. The van der Waals surface area contributed by atoms with Crippen LogP contribution >= 0.6 is 11.3 Å². The summed E-state index contributed by atoms with van der Waals surface area (Å²) >= 11 is 1.35. The molecule has 0 aliphatic rings. The first kappa shape index (κ1) is 17.0. The average molecular weight is 354 g/mol. The number of amides is 1. The summed E-state index contributed by atoms with van der Waals surface area (Å²) in [6.07, 6.45) is 0. The van der Waals surface area contributed by atoms with E-state index in [9.17, 15) is 9.59 Å². The highest BCUT2D eigenvalue weighted by Gasteiger charge is 2.19. The largest absolute Gasteiger partial charge is 0.300 e. The number of hydrogen-bond acceptors (Lipinski definition) is 5. The van der Waals surface area contributed by atoms with Crippen LogP contribution in [0.4, 0.5) is 5.13 Å². The van der Waals surface area contributed by atoms with E-state index in [0.29, 0.717) is 10.8 Å². The van der Waals surface area contributed by atoms with E-state index < -0.39 is 6.04 Å². The maximum atomic E-state index is 12.4. The molecule has 128 valence electrons. The predicted octanol–water partition coefficient (Wildman–Crippen LogP) is 3.18. The first-order chi connectivity index (χ1) is 11.9. The lowest BCUT2D eigenvalue weighted by Crippen LogP contribution is -2.33. The van der Waals surface area contributed by atoms with Crippen molar-refractivity contribution in [2.45, 2.75) is 26.8 Å². The third-order valence-electron chi connectivity index (χ3n) is 3.77. The van der Waals surface area contributed by atoms with Crippen molar-refractivity contribution in [3.63, 3.8) is 0 Å². The van der Waals surface area contributed by atoms with Gasteiger partial charge in [0.05, 0.1) is 11.4 Å². The zero-order valence-electron chi connectivity index (χ0n) is 14.2. The quantitative estimate of drug-likeness (QED) is 0.781. The Kier molecular flexibility index (Phi) is 4.76. The third kappa shape index (κ3) is 3.83. The highest BCUT2D eigenvalue weighted by Crippen LogP contribution is 2.18. The summed E-state index contributed by atoms with van der Waals surface area (Å²) in [5.74, 6) is -0.329. The Morgan fingerprint density at radius 3 is 2.52 bits per heavy atom. The number of anilines is 1. The van der Waals surface area contributed by atoms with E-state index >= 15 is 0 Å². The Morgan fingerprint density at radius 1 is 1.16 bits per heavy atom. The molecule has 25 heavy (non-hydrogen) atoms. The number of carbonyl (C=O) groups excluding carboxylic acids is 1. The molecule has 0 aliphatic heterocycles. The molecule has 7 heteroatoms. The zero-order chi connectivity index (χ0) is 18.0. The van der Waals surface area contributed by atoms with Gasteiger partial charge < -0.3 is 5.32 Å². The summed E-state index contributed by atoms with van der Waals surface area (Å²) in [7, 11) is 0. The fourth-order valence-electron chi connectivity index (χ4n) is 2.31. The third-order valence-corrected chi connectivity index (χ3v) is 4.64. The minimum Gasteiger partial charge on any atom is -0.300 e. The second-order valence-corrected chi connectivity index (χ2v) is 6.68. The van der Waals surface area contributed by atoms with Crippen LogP contribution in [0.15, 0.2) is 46.6 Å². The molecule has 0 saturated heterocycles. The smallest absolute Gasteiger partial charge is 0.267 e. The Bertz CT molecular complexity index is 960. The van der Waals surface area contributed by atoms with Crippen LogP contribution < -0.4 is 10.9 Å². The zero-order valence-corrected chi connectivity index (χ0v) is 15.0. The van der Waals surface area contributed by atoms with E-state index in [1.807, 2.05) is 43.5 Å². The Labute approximate surface area is 149 Å². The van der Waals surface area contributed by atoms with Gasteiger partial charge in [-0.15, -0.1) is 11.3 Å². The maximum absolute atomic E-state index is 12.4. The molecule has 0 spiro atoms. The number of aryl methyl sites for hydroxylation is 2. The van der Waals surface area contributed by atoms with Crippen molar-refractivity contribution in [1.29, 1.82) is 0 Å². The highest BCUT2D eigenvalue weighted by molar-refractivity contribution is 7.13. The number of thiazole rings is 1. The predicted molar refractivity (Wildman–Crippen MR) is 98.9 cm³/mol. The molecule has 0 fully saturated rings. The molecule has 0 radical (unpaired) electrons. The molecule has 0 saturated carbocycles. The summed E-state index contributed by atoms with van der Waals surface area (Å²) in [6, 6.07) is 10.2. The topological polar surface area (TPSA) is 76.9 Å². The molecule has 2 aromatic heterocycles. The summed E-state index contributed by atoms with van der Waals surface area (Å²) in [5.41, 5.74) is 3.19. The van der Waals surface area contributed by atoms with Gasteiger partial charge in [-0.05, 0) is 26.8 Å². The summed E-state index contributed by atoms with van der Waals surface area (Å²) < 4.78 is 1.20. The van der Waals surface area contributed by atoms with Gasteiger partial charge in [0.2, 0.25) is 0 Å². The second kappa shape index (κ2) is 6.98. The van der Waals surface area contributed by atoms with Crippen molar-refractivity contribution >= 4 is 22.4 Å². The van der Waals surface area contributed by atoms with Gasteiger partial charge in [0.15, 0.2) is 5.13 Å². The lowest BCUT2D eigenvalue weighted by Gasteiger charge is -2.14. The molecule has 6 nitrogen and oxygen atoms in total. The van der Waals surface area contributed by atoms with Crippen molar-refractivity contribution < 1.29 is 4.79 Å². The van der Waals surface area contributed by atoms with Crippen molar-refractivity contribution in [2.24, 2.45) is 0 Å². The van der Waals surface area contributed by atoms with Crippen LogP contribution in [-0.4, -0.2) is 20.7 Å². The molecular formula is C18H18N4O2S. The van der Waals surface area contributed by atoms with E-state index in [4.69, 9.17) is 0 Å². The number of carbonyl (C=O) groups is 1. The summed E-state index contributed by atoms with van der Waals surface area (Å²) in [5, 5.41) is 9.45. The average Bonchev–Trinajstić information content (AvgIpc) is 3.00. The number of benzene rings is 1. The first-order valence-corrected chi connectivity index (χ1v) is 8.72.